The fourth-order valence-corrected chi connectivity index (χ4v) is 4.01. The fraction of sp³-hybridized carbons (Fsp3) is 0.688. The minimum atomic E-state index is 0.113. The van der Waals surface area contributed by atoms with Crippen LogP contribution in [0.1, 0.15) is 37.2 Å². The number of carbonyl (C=O) groups is 1. The van der Waals surface area contributed by atoms with E-state index >= 15 is 0 Å². The van der Waals surface area contributed by atoms with Crippen LogP contribution in [0.15, 0.2) is 16.7 Å². The summed E-state index contributed by atoms with van der Waals surface area (Å²) in [5.41, 5.74) is 0.669. The Labute approximate surface area is 140 Å². The minimum Gasteiger partial charge on any atom is -0.373 e. The average Bonchev–Trinajstić information content (AvgIpc) is 3.06. The van der Waals surface area contributed by atoms with Crippen LogP contribution in [0.2, 0.25) is 0 Å². The lowest BCUT2D eigenvalue weighted by Gasteiger charge is -2.38. The molecule has 3 heterocycles. The zero-order valence-electron chi connectivity index (χ0n) is 13.2. The summed E-state index contributed by atoms with van der Waals surface area (Å²) in [5.74, 6) is 0.113. The second kappa shape index (κ2) is 6.72. The van der Waals surface area contributed by atoms with E-state index in [0.29, 0.717) is 11.7 Å². The maximum absolute atomic E-state index is 12.7. The molecule has 0 saturated carbocycles. The first-order chi connectivity index (χ1) is 10.5. The first kappa shape index (κ1) is 16.0. The molecule has 2 aliphatic rings. The molecule has 22 heavy (non-hydrogen) atoms. The van der Waals surface area contributed by atoms with Crippen molar-refractivity contribution in [3.8, 4) is 0 Å². The number of ether oxygens (including phenoxy) is 1. The Kier molecular flexibility index (Phi) is 4.90. The van der Waals surface area contributed by atoms with E-state index in [2.05, 4.69) is 39.7 Å². The van der Waals surface area contributed by atoms with Crippen molar-refractivity contribution < 1.29 is 9.53 Å². The molecule has 0 bridgehead atoms. The first-order valence-corrected chi connectivity index (χ1v) is 8.85. The third-order valence-electron chi connectivity index (χ3n) is 4.48. The lowest BCUT2D eigenvalue weighted by Crippen LogP contribution is -2.51. The zero-order valence-corrected chi connectivity index (χ0v) is 14.8. The molecule has 6 heteroatoms. The SMILES string of the molecule is CC1CN(CC2CCCN2C(=O)c2cc(Br)c[nH]2)CC(C)O1. The Balaban J connectivity index is 1.64. The molecule has 3 atom stereocenters. The molecule has 2 aliphatic heterocycles. The molecule has 2 fully saturated rings. The number of halogens is 1. The third kappa shape index (κ3) is 3.55. The number of rotatable bonds is 3. The molecule has 0 radical (unpaired) electrons. The molecule has 1 N–H and O–H groups in total. The van der Waals surface area contributed by atoms with Gasteiger partial charge in [0.2, 0.25) is 0 Å². The van der Waals surface area contributed by atoms with Gasteiger partial charge in [-0.3, -0.25) is 9.69 Å². The molecule has 0 spiro atoms. The maximum Gasteiger partial charge on any atom is 0.270 e. The fourth-order valence-electron chi connectivity index (χ4n) is 3.67. The molecule has 3 unspecified atom stereocenters. The van der Waals surface area contributed by atoms with Crippen molar-refractivity contribution in [1.29, 1.82) is 0 Å². The molecule has 3 rings (SSSR count). The smallest absolute Gasteiger partial charge is 0.270 e. The molecule has 1 aromatic heterocycles. The van der Waals surface area contributed by atoms with E-state index in [1.165, 1.54) is 0 Å². The third-order valence-corrected chi connectivity index (χ3v) is 4.94. The van der Waals surface area contributed by atoms with Gasteiger partial charge in [-0.05, 0) is 48.7 Å². The number of H-pyrrole nitrogens is 1. The van der Waals surface area contributed by atoms with E-state index < -0.39 is 0 Å². The summed E-state index contributed by atoms with van der Waals surface area (Å²) in [6, 6.07) is 2.17. The Bertz CT molecular complexity index is 523. The van der Waals surface area contributed by atoms with Crippen LogP contribution in [0.4, 0.5) is 0 Å². The van der Waals surface area contributed by atoms with Crippen LogP contribution in [0.25, 0.3) is 0 Å². The van der Waals surface area contributed by atoms with Crippen LogP contribution in [0.3, 0.4) is 0 Å². The highest BCUT2D eigenvalue weighted by Crippen LogP contribution is 2.23. The van der Waals surface area contributed by atoms with Crippen LogP contribution in [-0.4, -0.2) is 65.1 Å². The normalized spacial score (nSPS) is 30.0. The number of morpholine rings is 1. The van der Waals surface area contributed by atoms with Crippen LogP contribution in [0.5, 0.6) is 0 Å². The Morgan fingerprint density at radius 2 is 2.14 bits per heavy atom. The Morgan fingerprint density at radius 3 is 2.77 bits per heavy atom. The van der Waals surface area contributed by atoms with Gasteiger partial charge in [0.15, 0.2) is 0 Å². The average molecular weight is 370 g/mol. The van der Waals surface area contributed by atoms with Crippen molar-refractivity contribution in [3.05, 3.63) is 22.4 Å². The monoisotopic (exact) mass is 369 g/mol. The quantitative estimate of drug-likeness (QED) is 0.890. The second-order valence-electron chi connectivity index (χ2n) is 6.50. The molecule has 5 nitrogen and oxygen atoms in total. The van der Waals surface area contributed by atoms with Crippen LogP contribution < -0.4 is 0 Å². The van der Waals surface area contributed by atoms with Crippen molar-refractivity contribution in [3.63, 3.8) is 0 Å². The zero-order chi connectivity index (χ0) is 15.7. The van der Waals surface area contributed by atoms with Crippen molar-refractivity contribution >= 4 is 21.8 Å². The molecule has 0 aliphatic carbocycles. The van der Waals surface area contributed by atoms with E-state index in [1.807, 2.05) is 17.2 Å². The van der Waals surface area contributed by atoms with Crippen molar-refractivity contribution in [2.45, 2.75) is 44.9 Å². The van der Waals surface area contributed by atoms with Crippen molar-refractivity contribution in [2.75, 3.05) is 26.2 Å². The van der Waals surface area contributed by atoms with Gasteiger partial charge in [-0.2, -0.15) is 0 Å². The van der Waals surface area contributed by atoms with Crippen LogP contribution in [0, 0.1) is 0 Å². The largest absolute Gasteiger partial charge is 0.373 e. The number of aromatic nitrogens is 1. The number of hydrogen-bond donors (Lipinski definition) is 1. The van der Waals surface area contributed by atoms with Gasteiger partial charge in [-0.25, -0.2) is 0 Å². The summed E-state index contributed by atoms with van der Waals surface area (Å²) in [7, 11) is 0. The van der Waals surface area contributed by atoms with E-state index in [4.69, 9.17) is 4.74 Å². The van der Waals surface area contributed by atoms with Gasteiger partial charge in [-0.1, -0.05) is 0 Å². The highest BCUT2D eigenvalue weighted by atomic mass is 79.9. The van der Waals surface area contributed by atoms with Crippen LogP contribution in [-0.2, 0) is 4.74 Å². The number of amides is 1. The standard InChI is InChI=1S/C16H24BrN3O2/c1-11-8-19(9-12(2)22-11)10-14-4-3-5-20(14)16(21)15-6-13(17)7-18-15/h6-7,11-12,14,18H,3-5,8-10H2,1-2H3. The lowest BCUT2D eigenvalue weighted by molar-refractivity contribution is -0.0715. The topological polar surface area (TPSA) is 48.6 Å². The number of hydrogen-bond acceptors (Lipinski definition) is 3. The summed E-state index contributed by atoms with van der Waals surface area (Å²) >= 11 is 3.39. The van der Waals surface area contributed by atoms with E-state index in [1.54, 1.807) is 0 Å². The maximum atomic E-state index is 12.7. The number of aromatic amines is 1. The molecule has 2 saturated heterocycles. The molecule has 0 aromatic carbocycles. The van der Waals surface area contributed by atoms with Gasteiger partial charge in [0.1, 0.15) is 5.69 Å². The van der Waals surface area contributed by atoms with Gasteiger partial charge in [0, 0.05) is 42.9 Å². The predicted octanol–water partition coefficient (Wildman–Crippen LogP) is 2.49. The molecule has 122 valence electrons. The van der Waals surface area contributed by atoms with Gasteiger partial charge >= 0.3 is 0 Å². The molecule has 1 amide bonds. The predicted molar refractivity (Wildman–Crippen MR) is 89.0 cm³/mol. The number of likely N-dealkylation sites (tertiary alicyclic amines) is 1. The van der Waals surface area contributed by atoms with Gasteiger partial charge in [-0.15, -0.1) is 0 Å². The van der Waals surface area contributed by atoms with E-state index in [-0.39, 0.29) is 18.1 Å². The number of carbonyl (C=O) groups excluding carboxylic acids is 1. The summed E-state index contributed by atoms with van der Waals surface area (Å²) in [6.07, 6.45) is 4.54. The Hall–Kier alpha value is -0.850. The molecular weight excluding hydrogens is 346 g/mol. The van der Waals surface area contributed by atoms with Crippen molar-refractivity contribution in [1.82, 2.24) is 14.8 Å². The first-order valence-electron chi connectivity index (χ1n) is 8.05. The summed E-state index contributed by atoms with van der Waals surface area (Å²) in [5, 5.41) is 0. The highest BCUT2D eigenvalue weighted by Gasteiger charge is 2.33. The van der Waals surface area contributed by atoms with Crippen LogP contribution >= 0.6 is 15.9 Å². The van der Waals surface area contributed by atoms with Crippen molar-refractivity contribution in [2.24, 2.45) is 0 Å². The van der Waals surface area contributed by atoms with Gasteiger partial charge in [0.05, 0.1) is 12.2 Å². The number of nitrogens with one attached hydrogen (secondary N) is 1. The van der Waals surface area contributed by atoms with E-state index in [0.717, 1.165) is 43.5 Å². The lowest BCUT2D eigenvalue weighted by atomic mass is 10.1. The van der Waals surface area contributed by atoms with Gasteiger partial charge < -0.3 is 14.6 Å². The molecule has 1 aromatic rings. The minimum absolute atomic E-state index is 0.113. The summed E-state index contributed by atoms with van der Waals surface area (Å²) in [6.45, 7) is 7.96. The number of nitrogens with zero attached hydrogens (tertiary/aromatic N) is 2. The Morgan fingerprint density at radius 1 is 1.41 bits per heavy atom. The van der Waals surface area contributed by atoms with Gasteiger partial charge in [0.25, 0.3) is 5.91 Å². The second-order valence-corrected chi connectivity index (χ2v) is 7.42. The summed E-state index contributed by atoms with van der Waals surface area (Å²) < 4.78 is 6.71. The summed E-state index contributed by atoms with van der Waals surface area (Å²) in [4.78, 5) is 20.2. The highest BCUT2D eigenvalue weighted by molar-refractivity contribution is 9.10. The molecular formula is C16H24BrN3O2. The van der Waals surface area contributed by atoms with E-state index in [9.17, 15) is 4.79 Å².